The third-order valence-corrected chi connectivity index (χ3v) is 5.08. The molecule has 1 aliphatic heterocycles. The molecule has 0 aromatic heterocycles. The van der Waals surface area contributed by atoms with Gasteiger partial charge < -0.3 is 4.74 Å². The zero-order valence-corrected chi connectivity index (χ0v) is 16.5. The number of unbranched alkanes of at least 4 members (excludes halogenated alkanes) is 7. The predicted molar refractivity (Wildman–Crippen MR) is 105 cm³/mol. The number of ether oxygens (including phenoxy) is 1. The molecule has 1 aromatic carbocycles. The number of amides is 2. The number of hydrogen-bond donors (Lipinski definition) is 0. The van der Waals surface area contributed by atoms with Crippen LogP contribution in [0.3, 0.4) is 0 Å². The van der Waals surface area contributed by atoms with E-state index in [4.69, 9.17) is 16.3 Å². The van der Waals surface area contributed by atoms with Crippen molar-refractivity contribution in [1.82, 2.24) is 4.90 Å². The first-order valence-electron chi connectivity index (χ1n) is 9.50. The number of carbonyl (C=O) groups excluding carboxylic acids is 2. The van der Waals surface area contributed by atoms with Crippen LogP contribution in [0, 0.1) is 0 Å². The maximum atomic E-state index is 12.7. The van der Waals surface area contributed by atoms with Crippen LogP contribution >= 0.6 is 11.6 Å². The summed E-state index contributed by atoms with van der Waals surface area (Å²) >= 11 is 6.17. The van der Waals surface area contributed by atoms with Crippen molar-refractivity contribution < 1.29 is 14.3 Å². The van der Waals surface area contributed by atoms with Gasteiger partial charge in [-0.05, 0) is 24.1 Å². The molecule has 0 bridgehead atoms. The Balaban J connectivity index is 1.85. The maximum absolute atomic E-state index is 12.7. The Morgan fingerprint density at radius 3 is 2.04 bits per heavy atom. The van der Waals surface area contributed by atoms with E-state index in [1.165, 1.54) is 37.0 Å². The highest BCUT2D eigenvalue weighted by atomic mass is 35.5. The molecule has 0 spiro atoms. The van der Waals surface area contributed by atoms with Crippen molar-refractivity contribution in [1.29, 1.82) is 0 Å². The number of methoxy groups -OCH3 is 1. The number of carbonyl (C=O) groups is 2. The van der Waals surface area contributed by atoms with Crippen molar-refractivity contribution in [2.45, 2.75) is 58.3 Å². The third-order valence-electron chi connectivity index (χ3n) is 4.73. The van der Waals surface area contributed by atoms with Crippen LogP contribution in [0.25, 0.3) is 5.57 Å². The van der Waals surface area contributed by atoms with Gasteiger partial charge in [0.2, 0.25) is 0 Å². The molecule has 1 aromatic rings. The minimum absolute atomic E-state index is 0.0136. The fourth-order valence-corrected chi connectivity index (χ4v) is 3.45. The monoisotopic (exact) mass is 377 g/mol. The lowest BCUT2D eigenvalue weighted by molar-refractivity contribution is -0.136. The molecular formula is C21H28ClNO3. The van der Waals surface area contributed by atoms with Gasteiger partial charge in [-0.1, -0.05) is 75.6 Å². The first-order valence-corrected chi connectivity index (χ1v) is 9.88. The summed E-state index contributed by atoms with van der Waals surface area (Å²) < 4.78 is 5.12. The summed E-state index contributed by atoms with van der Waals surface area (Å²) in [7, 11) is 1.58. The van der Waals surface area contributed by atoms with Crippen LogP contribution in [0.1, 0.15) is 63.9 Å². The van der Waals surface area contributed by atoms with Crippen molar-refractivity contribution in [3.05, 3.63) is 34.9 Å². The predicted octanol–water partition coefficient (Wildman–Crippen LogP) is 5.15. The minimum atomic E-state index is -0.384. The third kappa shape index (κ3) is 5.10. The molecule has 1 aliphatic rings. The number of nitrogens with zero attached hydrogens (tertiary/aromatic N) is 1. The van der Waals surface area contributed by atoms with Gasteiger partial charge in [0.05, 0.1) is 12.7 Å². The van der Waals surface area contributed by atoms with Crippen molar-refractivity contribution in [3.63, 3.8) is 0 Å². The van der Waals surface area contributed by atoms with E-state index in [2.05, 4.69) is 6.92 Å². The van der Waals surface area contributed by atoms with Gasteiger partial charge in [-0.2, -0.15) is 0 Å². The quantitative estimate of drug-likeness (QED) is 0.395. The highest BCUT2D eigenvalue weighted by Crippen LogP contribution is 2.32. The second kappa shape index (κ2) is 10.4. The zero-order chi connectivity index (χ0) is 18.9. The van der Waals surface area contributed by atoms with Crippen LogP contribution in [-0.2, 0) is 9.59 Å². The first-order chi connectivity index (χ1) is 12.6. The number of rotatable bonds is 11. The minimum Gasteiger partial charge on any atom is -0.497 e. The van der Waals surface area contributed by atoms with E-state index in [0.717, 1.165) is 19.3 Å². The number of benzene rings is 1. The topological polar surface area (TPSA) is 46.6 Å². The fraction of sp³-hybridized carbons (Fsp3) is 0.524. The molecule has 142 valence electrons. The molecule has 2 amide bonds. The Hall–Kier alpha value is -1.81. The summed E-state index contributed by atoms with van der Waals surface area (Å²) in [4.78, 5) is 26.3. The lowest BCUT2D eigenvalue weighted by Gasteiger charge is -2.14. The Kier molecular flexibility index (Phi) is 8.17. The van der Waals surface area contributed by atoms with Gasteiger partial charge in [-0.25, -0.2) is 0 Å². The maximum Gasteiger partial charge on any atom is 0.273 e. The lowest BCUT2D eigenvalue weighted by atomic mass is 10.1. The van der Waals surface area contributed by atoms with Gasteiger partial charge in [0, 0.05) is 6.54 Å². The van der Waals surface area contributed by atoms with E-state index < -0.39 is 0 Å². The number of halogens is 1. The summed E-state index contributed by atoms with van der Waals surface area (Å²) in [6.07, 6.45) is 9.34. The van der Waals surface area contributed by atoms with Crippen LogP contribution in [0.2, 0.25) is 0 Å². The summed E-state index contributed by atoms with van der Waals surface area (Å²) in [5, 5.41) is 0.0136. The smallest absolute Gasteiger partial charge is 0.273 e. The Morgan fingerprint density at radius 2 is 1.46 bits per heavy atom. The Bertz CT molecular complexity index is 652. The summed E-state index contributed by atoms with van der Waals surface area (Å²) in [6.45, 7) is 2.64. The second-order valence-electron chi connectivity index (χ2n) is 6.65. The number of imide groups is 1. The van der Waals surface area contributed by atoms with Gasteiger partial charge in [-0.3, -0.25) is 14.5 Å². The van der Waals surface area contributed by atoms with Crippen molar-refractivity contribution in [2.75, 3.05) is 13.7 Å². The highest BCUT2D eigenvalue weighted by molar-refractivity contribution is 6.55. The summed E-state index contributed by atoms with van der Waals surface area (Å²) in [5.74, 6) is 0.0107. The molecule has 0 atom stereocenters. The Labute approximate surface area is 161 Å². The lowest BCUT2D eigenvalue weighted by Crippen LogP contribution is -2.32. The molecule has 0 N–H and O–H groups in total. The van der Waals surface area contributed by atoms with Gasteiger partial charge >= 0.3 is 0 Å². The second-order valence-corrected chi connectivity index (χ2v) is 7.03. The fourth-order valence-electron chi connectivity index (χ4n) is 3.16. The van der Waals surface area contributed by atoms with Crippen molar-refractivity contribution >= 4 is 29.0 Å². The molecular weight excluding hydrogens is 350 g/mol. The molecule has 0 radical (unpaired) electrons. The van der Waals surface area contributed by atoms with Crippen LogP contribution in [-0.4, -0.2) is 30.4 Å². The van der Waals surface area contributed by atoms with E-state index in [9.17, 15) is 9.59 Å². The van der Waals surface area contributed by atoms with Crippen LogP contribution in [0.5, 0.6) is 5.75 Å². The van der Waals surface area contributed by atoms with Gasteiger partial charge in [0.15, 0.2) is 0 Å². The molecule has 4 nitrogen and oxygen atoms in total. The van der Waals surface area contributed by atoms with E-state index >= 15 is 0 Å². The van der Waals surface area contributed by atoms with E-state index in [1.54, 1.807) is 31.4 Å². The molecule has 0 saturated heterocycles. The molecule has 0 fully saturated rings. The largest absolute Gasteiger partial charge is 0.497 e. The molecule has 1 heterocycles. The van der Waals surface area contributed by atoms with E-state index in [-0.39, 0.29) is 16.8 Å². The summed E-state index contributed by atoms with van der Waals surface area (Å²) in [6, 6.07) is 7.01. The van der Waals surface area contributed by atoms with Gasteiger partial charge in [0.25, 0.3) is 11.8 Å². The van der Waals surface area contributed by atoms with Crippen molar-refractivity contribution in [3.8, 4) is 5.75 Å². The molecule has 0 aliphatic carbocycles. The van der Waals surface area contributed by atoms with E-state index in [1.807, 2.05) is 0 Å². The van der Waals surface area contributed by atoms with Gasteiger partial charge in [-0.15, -0.1) is 0 Å². The molecule has 0 saturated carbocycles. The molecule has 26 heavy (non-hydrogen) atoms. The average Bonchev–Trinajstić information content (AvgIpc) is 2.87. The van der Waals surface area contributed by atoms with Gasteiger partial charge in [0.1, 0.15) is 10.8 Å². The molecule has 2 rings (SSSR count). The normalized spacial score (nSPS) is 14.5. The SMILES string of the molecule is CCCCCCCCCCN1C(=O)C(Cl)=C(c2ccc(OC)cc2)C1=O. The van der Waals surface area contributed by atoms with Crippen LogP contribution < -0.4 is 4.74 Å². The first kappa shape index (κ1) is 20.5. The summed E-state index contributed by atoms with van der Waals surface area (Å²) in [5.41, 5.74) is 0.937. The average molecular weight is 378 g/mol. The molecule has 0 unspecified atom stereocenters. The zero-order valence-electron chi connectivity index (χ0n) is 15.7. The standard InChI is InChI=1S/C21H28ClNO3/c1-3-4-5-6-7-8-9-10-15-23-20(24)18(19(22)21(23)25)16-11-13-17(26-2)14-12-16/h11-14H,3-10,15H2,1-2H3. The molecule has 5 heteroatoms. The van der Waals surface area contributed by atoms with Crippen LogP contribution in [0.4, 0.5) is 0 Å². The highest BCUT2D eigenvalue weighted by Gasteiger charge is 2.37. The van der Waals surface area contributed by atoms with Crippen molar-refractivity contribution in [2.24, 2.45) is 0 Å². The van der Waals surface area contributed by atoms with E-state index in [0.29, 0.717) is 23.4 Å². The van der Waals surface area contributed by atoms with Crippen LogP contribution in [0.15, 0.2) is 29.3 Å². The Morgan fingerprint density at radius 1 is 0.885 bits per heavy atom. The number of hydrogen-bond acceptors (Lipinski definition) is 3.